The van der Waals surface area contributed by atoms with Gasteiger partial charge in [0.15, 0.2) is 11.5 Å². The Balaban J connectivity index is 1.74. The summed E-state index contributed by atoms with van der Waals surface area (Å²) in [6, 6.07) is 12.4. The van der Waals surface area contributed by atoms with E-state index in [4.69, 9.17) is 14.2 Å². The molecule has 0 radical (unpaired) electrons. The van der Waals surface area contributed by atoms with Crippen molar-refractivity contribution in [3.8, 4) is 17.2 Å². The molecule has 0 saturated carbocycles. The number of aromatic amines is 1. The van der Waals surface area contributed by atoms with Crippen LogP contribution in [-0.2, 0) is 18.4 Å². The summed E-state index contributed by atoms with van der Waals surface area (Å²) >= 11 is 0. The number of ether oxygens (including phenoxy) is 3. The van der Waals surface area contributed by atoms with Gasteiger partial charge in [0.05, 0.1) is 26.9 Å². The van der Waals surface area contributed by atoms with Crippen LogP contribution in [0.25, 0.3) is 10.9 Å². The van der Waals surface area contributed by atoms with Crippen LogP contribution >= 0.6 is 0 Å². The summed E-state index contributed by atoms with van der Waals surface area (Å²) in [5.74, 6) is 2.40. The first kappa shape index (κ1) is 17.7. The van der Waals surface area contributed by atoms with Crippen LogP contribution < -0.4 is 19.5 Å². The van der Waals surface area contributed by atoms with Gasteiger partial charge in [-0.05, 0) is 61.2 Å². The van der Waals surface area contributed by atoms with Crippen molar-refractivity contribution in [1.29, 1.82) is 0 Å². The molecule has 4 rings (SSSR count). The van der Waals surface area contributed by atoms with Crippen molar-refractivity contribution >= 4 is 10.9 Å². The maximum absolute atomic E-state index is 5.47. The maximum atomic E-state index is 5.47. The molecule has 0 saturated heterocycles. The Kier molecular flexibility index (Phi) is 4.48. The summed E-state index contributed by atoms with van der Waals surface area (Å²) in [5, 5.41) is 4.98. The quantitative estimate of drug-likeness (QED) is 0.721. The lowest BCUT2D eigenvalue weighted by atomic mass is 9.83. The van der Waals surface area contributed by atoms with Crippen LogP contribution in [0.2, 0.25) is 0 Å². The molecule has 5 heteroatoms. The summed E-state index contributed by atoms with van der Waals surface area (Å²) in [5.41, 5.74) is 4.81. The molecule has 3 aromatic rings. The third-order valence-corrected chi connectivity index (χ3v) is 5.56. The van der Waals surface area contributed by atoms with Crippen molar-refractivity contribution in [3.05, 3.63) is 53.2 Å². The number of aromatic nitrogens is 1. The molecule has 0 aliphatic carbocycles. The molecule has 142 valence electrons. The van der Waals surface area contributed by atoms with Crippen LogP contribution in [0.15, 0.2) is 36.4 Å². The average molecular weight is 366 g/mol. The Morgan fingerprint density at radius 1 is 0.963 bits per heavy atom. The third-order valence-electron chi connectivity index (χ3n) is 5.56. The van der Waals surface area contributed by atoms with Crippen molar-refractivity contribution in [3.63, 3.8) is 0 Å². The summed E-state index contributed by atoms with van der Waals surface area (Å²) in [4.78, 5) is 3.66. The van der Waals surface area contributed by atoms with E-state index in [1.807, 2.05) is 12.1 Å². The fraction of sp³-hybridized carbons (Fsp3) is 0.364. The zero-order chi connectivity index (χ0) is 19.0. The summed E-state index contributed by atoms with van der Waals surface area (Å²) in [6.07, 6.45) is 1.86. The molecule has 2 aromatic carbocycles. The van der Waals surface area contributed by atoms with Gasteiger partial charge in [0.2, 0.25) is 0 Å². The Bertz CT molecular complexity index is 979. The molecule has 27 heavy (non-hydrogen) atoms. The van der Waals surface area contributed by atoms with Crippen LogP contribution in [-0.4, -0.2) is 32.9 Å². The number of hydrogen-bond acceptors (Lipinski definition) is 4. The zero-order valence-corrected chi connectivity index (χ0v) is 16.3. The van der Waals surface area contributed by atoms with Crippen molar-refractivity contribution < 1.29 is 14.2 Å². The number of methoxy groups -OCH3 is 3. The molecule has 0 bridgehead atoms. The van der Waals surface area contributed by atoms with Crippen molar-refractivity contribution in [2.75, 3.05) is 27.9 Å². The topological polar surface area (TPSA) is 55.5 Å². The highest BCUT2D eigenvalue weighted by Gasteiger charge is 2.34. The Morgan fingerprint density at radius 3 is 2.52 bits per heavy atom. The van der Waals surface area contributed by atoms with Crippen LogP contribution in [0, 0.1) is 0 Å². The van der Waals surface area contributed by atoms with Crippen LogP contribution in [0.1, 0.15) is 23.7 Å². The van der Waals surface area contributed by atoms with Gasteiger partial charge in [-0.25, -0.2) is 0 Å². The molecule has 2 heterocycles. The van der Waals surface area contributed by atoms with E-state index in [2.05, 4.69) is 41.5 Å². The second-order valence-corrected chi connectivity index (χ2v) is 7.27. The predicted molar refractivity (Wildman–Crippen MR) is 107 cm³/mol. The molecule has 1 atom stereocenters. The number of benzene rings is 2. The number of rotatable bonds is 5. The predicted octanol–water partition coefficient (Wildman–Crippen LogP) is 3.80. The van der Waals surface area contributed by atoms with E-state index in [0.29, 0.717) is 0 Å². The number of hydrogen-bond donors (Lipinski definition) is 2. The molecule has 2 N–H and O–H groups in total. The fourth-order valence-corrected chi connectivity index (χ4v) is 4.19. The molecular formula is C22H26N2O3. The van der Waals surface area contributed by atoms with Crippen LogP contribution in [0.5, 0.6) is 17.2 Å². The first-order chi connectivity index (χ1) is 13.1. The lowest BCUT2D eigenvalue weighted by molar-refractivity contribution is 0.334. The van der Waals surface area contributed by atoms with E-state index in [0.717, 1.165) is 42.2 Å². The molecule has 0 fully saturated rings. The summed E-state index contributed by atoms with van der Waals surface area (Å²) < 4.78 is 16.3. The highest BCUT2D eigenvalue weighted by molar-refractivity contribution is 5.86. The Hall–Kier alpha value is -2.66. The van der Waals surface area contributed by atoms with E-state index in [9.17, 15) is 0 Å². The molecule has 1 aliphatic rings. The Morgan fingerprint density at radius 2 is 1.78 bits per heavy atom. The van der Waals surface area contributed by atoms with Crippen LogP contribution in [0.3, 0.4) is 0 Å². The maximum Gasteiger partial charge on any atom is 0.160 e. The molecule has 1 aliphatic heterocycles. The van der Waals surface area contributed by atoms with Crippen LogP contribution in [0.4, 0.5) is 0 Å². The number of nitrogens with one attached hydrogen (secondary N) is 2. The third kappa shape index (κ3) is 3.02. The molecule has 0 spiro atoms. The van der Waals surface area contributed by atoms with Gasteiger partial charge in [-0.2, -0.15) is 0 Å². The van der Waals surface area contributed by atoms with Gasteiger partial charge in [0, 0.05) is 23.1 Å². The first-order valence-corrected chi connectivity index (χ1v) is 9.23. The van der Waals surface area contributed by atoms with Gasteiger partial charge in [-0.1, -0.05) is 6.07 Å². The van der Waals surface area contributed by atoms with Gasteiger partial charge in [0.25, 0.3) is 0 Å². The van der Waals surface area contributed by atoms with Gasteiger partial charge < -0.3 is 24.5 Å². The lowest BCUT2D eigenvalue weighted by Crippen LogP contribution is -2.46. The molecule has 1 aromatic heterocycles. The first-order valence-electron chi connectivity index (χ1n) is 9.23. The van der Waals surface area contributed by atoms with Crippen molar-refractivity contribution in [2.24, 2.45) is 0 Å². The molecule has 5 nitrogen and oxygen atoms in total. The van der Waals surface area contributed by atoms with Crippen molar-refractivity contribution in [1.82, 2.24) is 10.3 Å². The van der Waals surface area contributed by atoms with Gasteiger partial charge in [-0.3, -0.25) is 0 Å². The molecule has 0 unspecified atom stereocenters. The minimum Gasteiger partial charge on any atom is -0.497 e. The minimum absolute atomic E-state index is 0.181. The highest BCUT2D eigenvalue weighted by Crippen LogP contribution is 2.38. The fourth-order valence-electron chi connectivity index (χ4n) is 4.19. The average Bonchev–Trinajstić information content (AvgIpc) is 3.07. The number of fused-ring (bicyclic) bond motifs is 3. The standard InChI is InChI=1S/C22H26N2O3/c1-22(13-14-5-8-19(26-3)20(11-14)27-4)21-16(9-10-23-22)17-12-15(25-2)6-7-18(17)24-21/h5-8,11-12,23-24H,9-10,13H2,1-4H3/t22-/m0/s1. The van der Waals surface area contributed by atoms with E-state index in [-0.39, 0.29) is 5.54 Å². The van der Waals surface area contributed by atoms with Gasteiger partial charge in [-0.15, -0.1) is 0 Å². The van der Waals surface area contributed by atoms with E-state index < -0.39 is 0 Å². The second kappa shape index (κ2) is 6.82. The van der Waals surface area contributed by atoms with E-state index in [1.165, 1.54) is 22.2 Å². The summed E-state index contributed by atoms with van der Waals surface area (Å²) in [7, 11) is 5.04. The largest absolute Gasteiger partial charge is 0.497 e. The lowest BCUT2D eigenvalue weighted by Gasteiger charge is -2.35. The van der Waals surface area contributed by atoms with E-state index in [1.54, 1.807) is 21.3 Å². The second-order valence-electron chi connectivity index (χ2n) is 7.27. The zero-order valence-electron chi connectivity index (χ0n) is 16.3. The smallest absolute Gasteiger partial charge is 0.160 e. The highest BCUT2D eigenvalue weighted by atomic mass is 16.5. The SMILES string of the molecule is COc1ccc2[nH]c3c(c2c1)CCN[C@@]3(C)Cc1ccc(OC)c(OC)c1. The van der Waals surface area contributed by atoms with Gasteiger partial charge in [0.1, 0.15) is 5.75 Å². The van der Waals surface area contributed by atoms with E-state index >= 15 is 0 Å². The number of H-pyrrole nitrogens is 1. The Labute approximate surface area is 159 Å². The molecule has 0 amide bonds. The molecular weight excluding hydrogens is 340 g/mol. The minimum atomic E-state index is -0.181. The normalized spacial score (nSPS) is 19.0. The van der Waals surface area contributed by atoms with Crippen molar-refractivity contribution in [2.45, 2.75) is 25.3 Å². The van der Waals surface area contributed by atoms with Gasteiger partial charge >= 0.3 is 0 Å². The summed E-state index contributed by atoms with van der Waals surface area (Å²) in [6.45, 7) is 3.20. The monoisotopic (exact) mass is 366 g/mol.